The van der Waals surface area contributed by atoms with Crippen LogP contribution in [0.25, 0.3) is 0 Å². The first kappa shape index (κ1) is 14.5. The molecule has 1 aromatic carbocycles. The second-order valence-corrected chi connectivity index (χ2v) is 4.23. The van der Waals surface area contributed by atoms with Gasteiger partial charge in [0.15, 0.2) is 12.4 Å². The minimum Gasteiger partial charge on any atom is -1.00 e. The number of anilines is 1. The standard InChI is InChI=1S/C14H16N2O.BrH/c1-11-5-6-13(8-14(11)17)15-9-12-4-3-7-16(2)10-12;/h3-8,10,15H,9H2,1-2H3;1H. The van der Waals surface area contributed by atoms with Gasteiger partial charge in [0.2, 0.25) is 0 Å². The largest absolute Gasteiger partial charge is 1.00 e. The van der Waals surface area contributed by atoms with E-state index in [1.54, 1.807) is 6.07 Å². The van der Waals surface area contributed by atoms with E-state index in [-0.39, 0.29) is 17.0 Å². The molecule has 3 nitrogen and oxygen atoms in total. The van der Waals surface area contributed by atoms with Crippen LogP contribution in [-0.2, 0) is 13.6 Å². The number of nitrogens with one attached hydrogen (secondary N) is 1. The number of nitrogens with zero attached hydrogens (tertiary/aromatic N) is 1. The maximum absolute atomic E-state index is 9.60. The van der Waals surface area contributed by atoms with Gasteiger partial charge < -0.3 is 27.4 Å². The van der Waals surface area contributed by atoms with Crippen molar-refractivity contribution in [2.45, 2.75) is 13.5 Å². The predicted molar refractivity (Wildman–Crippen MR) is 67.8 cm³/mol. The zero-order valence-electron chi connectivity index (χ0n) is 10.5. The molecule has 0 bridgehead atoms. The van der Waals surface area contributed by atoms with Gasteiger partial charge in [0.05, 0.1) is 0 Å². The molecule has 96 valence electrons. The summed E-state index contributed by atoms with van der Waals surface area (Å²) in [5.41, 5.74) is 3.02. The van der Waals surface area contributed by atoms with Crippen molar-refractivity contribution in [1.29, 1.82) is 0 Å². The van der Waals surface area contributed by atoms with Crippen LogP contribution in [0, 0.1) is 6.92 Å². The van der Waals surface area contributed by atoms with Crippen molar-refractivity contribution in [2.75, 3.05) is 5.32 Å². The summed E-state index contributed by atoms with van der Waals surface area (Å²) in [7, 11) is 2.00. The summed E-state index contributed by atoms with van der Waals surface area (Å²) in [5, 5.41) is 12.9. The molecule has 2 aromatic rings. The Morgan fingerprint density at radius 1 is 1.28 bits per heavy atom. The maximum Gasteiger partial charge on any atom is 0.173 e. The molecule has 0 fully saturated rings. The topological polar surface area (TPSA) is 36.1 Å². The van der Waals surface area contributed by atoms with Gasteiger partial charge in [0, 0.05) is 29.9 Å². The van der Waals surface area contributed by atoms with Crippen molar-refractivity contribution in [1.82, 2.24) is 0 Å². The summed E-state index contributed by atoms with van der Waals surface area (Å²) >= 11 is 0. The van der Waals surface area contributed by atoms with Gasteiger partial charge in [0.25, 0.3) is 0 Å². The third kappa shape index (κ3) is 3.74. The molecule has 0 saturated carbocycles. The van der Waals surface area contributed by atoms with E-state index < -0.39 is 0 Å². The van der Waals surface area contributed by atoms with Crippen LogP contribution in [0.15, 0.2) is 42.7 Å². The van der Waals surface area contributed by atoms with Crippen LogP contribution in [0.5, 0.6) is 5.75 Å². The smallest absolute Gasteiger partial charge is 0.173 e. The van der Waals surface area contributed by atoms with Crippen molar-refractivity contribution in [3.8, 4) is 5.75 Å². The number of halogens is 1. The number of aryl methyl sites for hydroxylation is 2. The molecule has 2 rings (SSSR count). The average Bonchev–Trinajstić information content (AvgIpc) is 2.31. The minimum absolute atomic E-state index is 0. The molecule has 0 unspecified atom stereocenters. The number of rotatable bonds is 3. The zero-order valence-corrected chi connectivity index (χ0v) is 12.1. The Kier molecular flexibility index (Phi) is 5.16. The van der Waals surface area contributed by atoms with E-state index in [1.807, 2.05) is 42.9 Å². The lowest BCUT2D eigenvalue weighted by molar-refractivity contribution is -0.671. The number of hydrogen-bond acceptors (Lipinski definition) is 2. The summed E-state index contributed by atoms with van der Waals surface area (Å²) in [6, 6.07) is 9.71. The molecule has 4 heteroatoms. The average molecular weight is 309 g/mol. The second kappa shape index (κ2) is 6.40. The van der Waals surface area contributed by atoms with E-state index in [0.717, 1.165) is 17.8 Å². The highest BCUT2D eigenvalue weighted by Crippen LogP contribution is 2.21. The van der Waals surface area contributed by atoms with Gasteiger partial charge in [-0.1, -0.05) is 6.07 Å². The molecule has 1 heterocycles. The lowest BCUT2D eigenvalue weighted by Gasteiger charge is -2.07. The molecule has 1 aromatic heterocycles. The molecule has 2 N–H and O–H groups in total. The number of phenols is 1. The third-order valence-electron chi connectivity index (χ3n) is 2.71. The van der Waals surface area contributed by atoms with Gasteiger partial charge in [0.1, 0.15) is 12.8 Å². The Morgan fingerprint density at radius 2 is 2.06 bits per heavy atom. The number of aromatic nitrogens is 1. The van der Waals surface area contributed by atoms with Crippen LogP contribution >= 0.6 is 0 Å². The lowest BCUT2D eigenvalue weighted by Crippen LogP contribution is -3.00. The van der Waals surface area contributed by atoms with Crippen LogP contribution < -0.4 is 26.9 Å². The van der Waals surface area contributed by atoms with E-state index in [9.17, 15) is 5.11 Å². The predicted octanol–water partition coefficient (Wildman–Crippen LogP) is -0.859. The second-order valence-electron chi connectivity index (χ2n) is 4.23. The minimum atomic E-state index is 0. The van der Waals surface area contributed by atoms with Crippen LogP contribution in [0.4, 0.5) is 5.69 Å². The third-order valence-corrected chi connectivity index (χ3v) is 2.71. The van der Waals surface area contributed by atoms with Gasteiger partial charge in [-0.25, -0.2) is 4.57 Å². The number of phenolic OH excluding ortho intramolecular Hbond substituents is 1. The van der Waals surface area contributed by atoms with Crippen molar-refractivity contribution in [3.05, 3.63) is 53.9 Å². The summed E-state index contributed by atoms with van der Waals surface area (Å²) < 4.78 is 2.02. The Labute approximate surface area is 118 Å². The molecule has 0 spiro atoms. The van der Waals surface area contributed by atoms with Gasteiger partial charge in [-0.15, -0.1) is 0 Å². The fourth-order valence-electron chi connectivity index (χ4n) is 1.68. The van der Waals surface area contributed by atoms with Crippen molar-refractivity contribution >= 4 is 5.69 Å². The normalized spacial score (nSPS) is 9.67. The van der Waals surface area contributed by atoms with Crippen LogP contribution in [-0.4, -0.2) is 5.11 Å². The highest BCUT2D eigenvalue weighted by Gasteiger charge is 2.00. The van der Waals surface area contributed by atoms with Crippen LogP contribution in [0.2, 0.25) is 0 Å². The number of benzene rings is 1. The fraction of sp³-hybridized carbons (Fsp3) is 0.214. The van der Waals surface area contributed by atoms with Crippen molar-refractivity contribution < 1.29 is 26.7 Å². The first-order valence-electron chi connectivity index (χ1n) is 5.63. The Morgan fingerprint density at radius 3 is 2.72 bits per heavy atom. The molecule has 0 aliphatic heterocycles. The molecular weight excluding hydrogens is 292 g/mol. The molecule has 0 radical (unpaired) electrons. The molecule has 18 heavy (non-hydrogen) atoms. The molecule has 0 atom stereocenters. The Bertz CT molecular complexity index is 529. The highest BCUT2D eigenvalue weighted by molar-refractivity contribution is 5.51. The number of pyridine rings is 1. The highest BCUT2D eigenvalue weighted by atomic mass is 79.9. The van der Waals surface area contributed by atoms with Gasteiger partial charge >= 0.3 is 0 Å². The van der Waals surface area contributed by atoms with Gasteiger partial charge in [-0.3, -0.25) is 0 Å². The van der Waals surface area contributed by atoms with E-state index in [0.29, 0.717) is 5.75 Å². The Hall–Kier alpha value is -1.55. The van der Waals surface area contributed by atoms with Crippen LogP contribution in [0.1, 0.15) is 11.1 Å². The molecule has 0 aliphatic carbocycles. The van der Waals surface area contributed by atoms with Crippen molar-refractivity contribution in [3.63, 3.8) is 0 Å². The Balaban J connectivity index is 0.00000162. The summed E-state index contributed by atoms with van der Waals surface area (Å²) in [4.78, 5) is 0. The van der Waals surface area contributed by atoms with Crippen LogP contribution in [0.3, 0.4) is 0 Å². The quantitative estimate of drug-likeness (QED) is 0.724. The van der Waals surface area contributed by atoms with Crippen molar-refractivity contribution in [2.24, 2.45) is 7.05 Å². The summed E-state index contributed by atoms with van der Waals surface area (Å²) in [5.74, 6) is 0.327. The van der Waals surface area contributed by atoms with Gasteiger partial charge in [-0.05, 0) is 24.6 Å². The molecule has 0 aliphatic rings. The fourth-order valence-corrected chi connectivity index (χ4v) is 1.68. The lowest BCUT2D eigenvalue weighted by atomic mass is 10.2. The maximum atomic E-state index is 9.60. The molecule has 0 amide bonds. The number of hydrogen-bond donors (Lipinski definition) is 2. The molecular formula is C14H17BrN2O. The first-order valence-corrected chi connectivity index (χ1v) is 5.63. The summed E-state index contributed by atoms with van der Waals surface area (Å²) in [6.45, 7) is 2.63. The van der Waals surface area contributed by atoms with E-state index in [1.165, 1.54) is 5.56 Å². The zero-order chi connectivity index (χ0) is 12.3. The molecule has 0 saturated heterocycles. The van der Waals surface area contributed by atoms with E-state index in [4.69, 9.17) is 0 Å². The van der Waals surface area contributed by atoms with Gasteiger partial charge in [-0.2, -0.15) is 0 Å². The van der Waals surface area contributed by atoms with E-state index in [2.05, 4.69) is 17.6 Å². The first-order chi connectivity index (χ1) is 8.15. The SMILES string of the molecule is Cc1ccc(NCc2ccc[n+](C)c2)cc1O.[Br-]. The monoisotopic (exact) mass is 308 g/mol. The number of aromatic hydroxyl groups is 1. The van der Waals surface area contributed by atoms with E-state index >= 15 is 0 Å². The summed E-state index contributed by atoms with van der Waals surface area (Å²) in [6.07, 6.45) is 4.07.